The van der Waals surface area contributed by atoms with E-state index in [0.29, 0.717) is 17.0 Å². The molecular formula is C16H25NO3S. The van der Waals surface area contributed by atoms with Crippen molar-refractivity contribution in [1.29, 1.82) is 0 Å². The van der Waals surface area contributed by atoms with E-state index in [9.17, 15) is 13.5 Å². The van der Waals surface area contributed by atoms with Gasteiger partial charge in [-0.2, -0.15) is 4.31 Å². The molecule has 118 valence electrons. The summed E-state index contributed by atoms with van der Waals surface area (Å²) in [6.07, 6.45) is 3.78. The van der Waals surface area contributed by atoms with Crippen LogP contribution in [0.3, 0.4) is 0 Å². The number of aryl methyl sites for hydroxylation is 2. The summed E-state index contributed by atoms with van der Waals surface area (Å²) in [6.45, 7) is 6.24. The molecular weight excluding hydrogens is 286 g/mol. The maximum absolute atomic E-state index is 13.0. The van der Waals surface area contributed by atoms with E-state index in [0.717, 1.165) is 36.8 Å². The molecule has 0 aromatic heterocycles. The van der Waals surface area contributed by atoms with Crippen LogP contribution in [0.4, 0.5) is 0 Å². The summed E-state index contributed by atoms with van der Waals surface area (Å²) in [7, 11) is -3.47. The molecule has 1 aliphatic carbocycles. The summed E-state index contributed by atoms with van der Waals surface area (Å²) in [5.41, 5.74) is 2.37. The van der Waals surface area contributed by atoms with Gasteiger partial charge in [0, 0.05) is 12.6 Å². The zero-order valence-corrected chi connectivity index (χ0v) is 13.9. The molecule has 0 saturated heterocycles. The molecule has 1 saturated carbocycles. The summed E-state index contributed by atoms with van der Waals surface area (Å²) in [4.78, 5) is 0.347. The number of hydrogen-bond acceptors (Lipinski definition) is 3. The normalized spacial score (nSPS) is 15.7. The second-order valence-electron chi connectivity index (χ2n) is 5.90. The molecule has 0 spiro atoms. The van der Waals surface area contributed by atoms with E-state index in [1.54, 1.807) is 10.4 Å². The summed E-state index contributed by atoms with van der Waals surface area (Å²) in [5.74, 6) is 0. The lowest BCUT2D eigenvalue weighted by Crippen LogP contribution is -2.34. The number of sulfonamides is 1. The molecule has 4 nitrogen and oxygen atoms in total. The second kappa shape index (κ2) is 6.46. The third kappa shape index (κ3) is 3.47. The van der Waals surface area contributed by atoms with E-state index >= 15 is 0 Å². The van der Waals surface area contributed by atoms with Crippen molar-refractivity contribution >= 4 is 10.0 Å². The Morgan fingerprint density at radius 1 is 1.24 bits per heavy atom. The summed E-state index contributed by atoms with van der Waals surface area (Å²) >= 11 is 0. The lowest BCUT2D eigenvalue weighted by molar-refractivity contribution is 0.280. The van der Waals surface area contributed by atoms with Crippen LogP contribution in [0.1, 0.15) is 49.3 Å². The Labute approximate surface area is 127 Å². The molecule has 2 rings (SSSR count). The Kier molecular flexibility index (Phi) is 5.07. The number of nitrogens with zero attached hydrogens (tertiary/aromatic N) is 1. The van der Waals surface area contributed by atoms with Crippen LogP contribution in [-0.4, -0.2) is 30.4 Å². The first-order chi connectivity index (χ1) is 9.91. The predicted octanol–water partition coefficient (Wildman–Crippen LogP) is 2.75. The van der Waals surface area contributed by atoms with Crippen LogP contribution >= 0.6 is 0 Å². The van der Waals surface area contributed by atoms with Crippen LogP contribution < -0.4 is 0 Å². The third-order valence-electron chi connectivity index (χ3n) is 4.08. The molecule has 0 aliphatic heterocycles. The van der Waals surface area contributed by atoms with Crippen molar-refractivity contribution in [2.24, 2.45) is 0 Å². The molecule has 1 fully saturated rings. The number of rotatable bonds is 7. The average molecular weight is 311 g/mol. The van der Waals surface area contributed by atoms with Crippen molar-refractivity contribution in [3.63, 3.8) is 0 Å². The highest BCUT2D eigenvalue weighted by Gasteiger charge is 2.38. The van der Waals surface area contributed by atoms with Crippen molar-refractivity contribution < 1.29 is 13.5 Å². The molecule has 0 heterocycles. The van der Waals surface area contributed by atoms with Gasteiger partial charge >= 0.3 is 0 Å². The van der Waals surface area contributed by atoms with Gasteiger partial charge in [-0.1, -0.05) is 19.4 Å². The summed E-state index contributed by atoms with van der Waals surface area (Å²) < 4.78 is 27.6. The van der Waals surface area contributed by atoms with Gasteiger partial charge in [-0.05, 0) is 55.9 Å². The monoisotopic (exact) mass is 311 g/mol. The first-order valence-corrected chi connectivity index (χ1v) is 9.08. The topological polar surface area (TPSA) is 57.6 Å². The summed E-state index contributed by atoms with van der Waals surface area (Å²) in [6, 6.07) is 3.66. The predicted molar refractivity (Wildman–Crippen MR) is 83.7 cm³/mol. The fraction of sp³-hybridized carbons (Fsp3) is 0.625. The SMILES string of the molecule is CCCCN(C1CC1)S(=O)(=O)c1cc(CO)c(C)cc1C. The van der Waals surface area contributed by atoms with Gasteiger partial charge in [0.1, 0.15) is 0 Å². The molecule has 0 amide bonds. The van der Waals surface area contributed by atoms with Crippen molar-refractivity contribution in [3.8, 4) is 0 Å². The van der Waals surface area contributed by atoms with Gasteiger partial charge in [0.2, 0.25) is 10.0 Å². The van der Waals surface area contributed by atoms with Crippen molar-refractivity contribution in [3.05, 3.63) is 28.8 Å². The van der Waals surface area contributed by atoms with Gasteiger partial charge in [-0.3, -0.25) is 0 Å². The molecule has 21 heavy (non-hydrogen) atoms. The molecule has 0 radical (unpaired) electrons. The molecule has 0 atom stereocenters. The Morgan fingerprint density at radius 3 is 2.43 bits per heavy atom. The number of aliphatic hydroxyl groups is 1. The van der Waals surface area contributed by atoms with E-state index in [4.69, 9.17) is 0 Å². The number of benzene rings is 1. The number of hydrogen-bond donors (Lipinski definition) is 1. The third-order valence-corrected chi connectivity index (χ3v) is 6.17. The smallest absolute Gasteiger partial charge is 0.243 e. The highest BCUT2D eigenvalue weighted by molar-refractivity contribution is 7.89. The highest BCUT2D eigenvalue weighted by Crippen LogP contribution is 2.34. The van der Waals surface area contributed by atoms with Crippen LogP contribution in [0.25, 0.3) is 0 Å². The molecule has 1 aromatic rings. The van der Waals surface area contributed by atoms with Gasteiger partial charge < -0.3 is 5.11 Å². The lowest BCUT2D eigenvalue weighted by Gasteiger charge is -2.23. The van der Waals surface area contributed by atoms with Gasteiger partial charge in [0.25, 0.3) is 0 Å². The second-order valence-corrected chi connectivity index (χ2v) is 7.76. The minimum Gasteiger partial charge on any atom is -0.392 e. The Hall–Kier alpha value is -0.910. The molecule has 0 bridgehead atoms. The molecule has 1 N–H and O–H groups in total. The van der Waals surface area contributed by atoms with Crippen LogP contribution in [0, 0.1) is 13.8 Å². The van der Waals surface area contributed by atoms with Crippen LogP contribution in [0.2, 0.25) is 0 Å². The van der Waals surface area contributed by atoms with E-state index in [1.165, 1.54) is 0 Å². The van der Waals surface area contributed by atoms with Gasteiger partial charge in [0.05, 0.1) is 11.5 Å². The van der Waals surface area contributed by atoms with Crippen molar-refractivity contribution in [2.45, 2.75) is 64.0 Å². The molecule has 0 unspecified atom stereocenters. The first kappa shape index (κ1) is 16.5. The van der Waals surface area contributed by atoms with Crippen LogP contribution in [-0.2, 0) is 16.6 Å². The zero-order chi connectivity index (χ0) is 15.6. The van der Waals surface area contributed by atoms with E-state index in [1.807, 2.05) is 19.9 Å². The van der Waals surface area contributed by atoms with Crippen LogP contribution in [0.15, 0.2) is 17.0 Å². The Balaban J connectivity index is 2.41. The molecule has 1 aromatic carbocycles. The largest absolute Gasteiger partial charge is 0.392 e. The number of unbranched alkanes of at least 4 members (excludes halogenated alkanes) is 1. The van der Waals surface area contributed by atoms with Crippen molar-refractivity contribution in [1.82, 2.24) is 4.31 Å². The minimum atomic E-state index is -3.47. The zero-order valence-electron chi connectivity index (χ0n) is 13.1. The lowest BCUT2D eigenvalue weighted by atomic mass is 10.1. The molecule has 1 aliphatic rings. The van der Waals surface area contributed by atoms with E-state index in [2.05, 4.69) is 6.92 Å². The standard InChI is InChI=1S/C16H25NO3S/c1-4-5-8-17(15-6-7-15)21(19,20)16-10-14(11-18)12(2)9-13(16)3/h9-10,15,18H,4-8,11H2,1-3H3. The summed E-state index contributed by atoms with van der Waals surface area (Å²) in [5, 5.41) is 9.39. The quantitative estimate of drug-likeness (QED) is 0.842. The van der Waals surface area contributed by atoms with E-state index < -0.39 is 10.0 Å². The van der Waals surface area contributed by atoms with E-state index in [-0.39, 0.29) is 12.6 Å². The fourth-order valence-corrected chi connectivity index (χ4v) is 4.61. The highest BCUT2D eigenvalue weighted by atomic mass is 32.2. The molecule has 5 heteroatoms. The minimum absolute atomic E-state index is 0.132. The van der Waals surface area contributed by atoms with Gasteiger partial charge in [-0.25, -0.2) is 8.42 Å². The maximum atomic E-state index is 13.0. The average Bonchev–Trinajstić information content (AvgIpc) is 3.23. The fourth-order valence-electron chi connectivity index (χ4n) is 2.62. The maximum Gasteiger partial charge on any atom is 0.243 e. The Bertz CT molecular complexity index is 606. The number of aliphatic hydroxyl groups excluding tert-OH is 1. The van der Waals surface area contributed by atoms with Gasteiger partial charge in [-0.15, -0.1) is 0 Å². The van der Waals surface area contributed by atoms with Gasteiger partial charge in [0.15, 0.2) is 0 Å². The Morgan fingerprint density at radius 2 is 1.90 bits per heavy atom. The first-order valence-electron chi connectivity index (χ1n) is 7.64. The van der Waals surface area contributed by atoms with Crippen molar-refractivity contribution in [2.75, 3.05) is 6.54 Å². The van der Waals surface area contributed by atoms with Crippen LogP contribution in [0.5, 0.6) is 0 Å².